The summed E-state index contributed by atoms with van der Waals surface area (Å²) in [5.41, 5.74) is 8.65. The van der Waals surface area contributed by atoms with Crippen LogP contribution < -0.4 is 10.4 Å². The fourth-order valence-corrected chi connectivity index (χ4v) is 6.32. The summed E-state index contributed by atoms with van der Waals surface area (Å²) in [6, 6.07) is 38.5. The predicted octanol–water partition coefficient (Wildman–Crippen LogP) is 9.36. The van der Waals surface area contributed by atoms with Gasteiger partial charge < -0.3 is 0 Å². The van der Waals surface area contributed by atoms with Crippen LogP contribution in [0.15, 0.2) is 97.1 Å². The Balaban J connectivity index is 0.000000184. The maximum absolute atomic E-state index is 4.93. The van der Waals surface area contributed by atoms with E-state index in [4.69, 9.17) is 17.0 Å². The molecule has 1 aliphatic rings. The molecular weight excluding hydrogens is 611 g/mol. The number of hydrogen-bond donors (Lipinski definition) is 0. The molecule has 0 unspecified atom stereocenters. The Hall–Kier alpha value is -1.83. The monoisotopic (exact) mass is 642 g/mol. The summed E-state index contributed by atoms with van der Waals surface area (Å²) in [5.74, 6) is 0. The molecule has 4 heteroatoms. The first-order valence-electron chi connectivity index (χ1n) is 13.5. The van der Waals surface area contributed by atoms with Crippen LogP contribution in [-0.4, -0.2) is 9.52 Å². The van der Waals surface area contributed by atoms with E-state index < -0.39 is 20.8 Å². The number of halogens is 2. The molecule has 1 aliphatic heterocycles. The van der Waals surface area contributed by atoms with Crippen molar-refractivity contribution in [3.63, 3.8) is 0 Å². The molecule has 0 amide bonds. The molecule has 0 saturated carbocycles. The summed E-state index contributed by atoms with van der Waals surface area (Å²) in [6.07, 6.45) is 3.64. The van der Waals surface area contributed by atoms with Crippen LogP contribution in [-0.2, 0) is 32.7 Å². The van der Waals surface area contributed by atoms with Crippen LogP contribution in [0.25, 0.3) is 33.0 Å². The minimum Gasteiger partial charge on any atom is -0.184 e. The van der Waals surface area contributed by atoms with E-state index in [1.807, 2.05) is 6.07 Å². The summed E-state index contributed by atoms with van der Waals surface area (Å²) >= 11 is -0.826. The molecule has 0 bridgehead atoms. The number of aryl methyl sites for hydroxylation is 1. The van der Waals surface area contributed by atoms with Gasteiger partial charge in [-0.2, -0.15) is 35.5 Å². The molecule has 0 aromatic heterocycles. The molecule has 5 aromatic carbocycles. The minimum absolute atomic E-state index is 0.191. The van der Waals surface area contributed by atoms with E-state index in [1.54, 1.807) is 0 Å². The fourth-order valence-electron chi connectivity index (χ4n) is 5.01. The second kappa shape index (κ2) is 14.2. The summed E-state index contributed by atoms with van der Waals surface area (Å²) in [5, 5.41) is 5.60. The fraction of sp³-hybridized carbons (Fsp3) is 0.229. The van der Waals surface area contributed by atoms with Crippen molar-refractivity contribution < 1.29 is 20.8 Å². The predicted molar refractivity (Wildman–Crippen MR) is 170 cm³/mol. The molecule has 0 aliphatic carbocycles. The number of unbranched alkanes of at least 4 members (excludes halogenated alkanes) is 1. The van der Waals surface area contributed by atoms with Gasteiger partial charge in [-0.3, -0.25) is 0 Å². The van der Waals surface area contributed by atoms with E-state index in [0.717, 1.165) is 15.9 Å². The third kappa shape index (κ3) is 7.47. The van der Waals surface area contributed by atoms with Crippen molar-refractivity contribution in [1.82, 2.24) is 0 Å². The molecule has 0 saturated heterocycles. The molecule has 196 valence electrons. The van der Waals surface area contributed by atoms with Crippen molar-refractivity contribution in [2.24, 2.45) is 0 Å². The van der Waals surface area contributed by atoms with E-state index in [9.17, 15) is 0 Å². The molecule has 39 heavy (non-hydrogen) atoms. The van der Waals surface area contributed by atoms with Gasteiger partial charge in [0.2, 0.25) is 0 Å². The molecule has 5 aromatic rings. The van der Waals surface area contributed by atoms with Gasteiger partial charge in [0.05, 0.1) is 9.52 Å². The minimum atomic E-state index is -0.826. The van der Waals surface area contributed by atoms with Crippen LogP contribution in [0.3, 0.4) is 0 Å². The Labute approximate surface area is 255 Å². The normalized spacial score (nSPS) is 11.4. The third-order valence-corrected chi connectivity index (χ3v) is 8.41. The molecule has 0 fully saturated rings. The second-order valence-electron chi connectivity index (χ2n) is 10.8. The van der Waals surface area contributed by atoms with Gasteiger partial charge in [-0.25, -0.2) is 0 Å². The molecule has 0 atom stereocenters. The van der Waals surface area contributed by atoms with Crippen molar-refractivity contribution >= 4 is 47.7 Å². The molecule has 0 N–H and O–H groups in total. The van der Waals surface area contributed by atoms with Gasteiger partial charge in [-0.15, -0.1) is 40.1 Å². The van der Waals surface area contributed by atoms with Gasteiger partial charge >= 0.3 is 37.9 Å². The largest absolute Gasteiger partial charge is 0.184 e. The van der Waals surface area contributed by atoms with Crippen LogP contribution in [0.1, 0.15) is 51.7 Å². The Kier molecular flexibility index (Phi) is 11.0. The number of fused-ring (bicyclic) bond motifs is 4. The van der Waals surface area contributed by atoms with Crippen molar-refractivity contribution in [3.05, 3.63) is 114 Å². The van der Waals surface area contributed by atoms with Gasteiger partial charge in [0.15, 0.2) is 0 Å². The zero-order valence-electron chi connectivity index (χ0n) is 23.1. The van der Waals surface area contributed by atoms with Crippen LogP contribution >= 0.6 is 17.0 Å². The molecule has 1 heterocycles. The summed E-state index contributed by atoms with van der Waals surface area (Å²) in [7, 11) is 10.7. The SMILES string of the molecule is CCCCc1ccc2[cH-]c(C(C)(C)C)cc2c1-c1ccccc1.[Cl][Zr+2][Cl].[c-]1cccc2c1[Si]c1ccccc1-2. The second-order valence-corrected chi connectivity index (χ2v) is 15.8. The maximum Gasteiger partial charge on any atom is 0.0920 e. The van der Waals surface area contributed by atoms with Crippen molar-refractivity contribution in [1.29, 1.82) is 0 Å². The van der Waals surface area contributed by atoms with Crippen LogP contribution in [0, 0.1) is 6.07 Å². The van der Waals surface area contributed by atoms with Crippen LogP contribution in [0.2, 0.25) is 0 Å². The molecule has 6 rings (SSSR count). The average Bonchev–Trinajstić information content (AvgIpc) is 3.55. The van der Waals surface area contributed by atoms with Crippen molar-refractivity contribution in [3.8, 4) is 22.3 Å². The van der Waals surface area contributed by atoms with Crippen molar-refractivity contribution in [2.75, 3.05) is 0 Å². The van der Waals surface area contributed by atoms with Gasteiger partial charge in [0, 0.05) is 0 Å². The van der Waals surface area contributed by atoms with Gasteiger partial charge in [0.1, 0.15) is 0 Å². The first kappa shape index (κ1) is 30.1. The van der Waals surface area contributed by atoms with Crippen LogP contribution in [0.4, 0.5) is 0 Å². The molecule has 0 nitrogen and oxygen atoms in total. The topological polar surface area (TPSA) is 0 Å². The maximum atomic E-state index is 4.93. The number of hydrogen-bond acceptors (Lipinski definition) is 0. The van der Waals surface area contributed by atoms with E-state index in [0.29, 0.717) is 0 Å². The number of benzene rings is 4. The molecular formula is C35H34Cl2SiZr. The summed E-state index contributed by atoms with van der Waals surface area (Å²) in [6.45, 7) is 9.14. The third-order valence-electron chi connectivity index (χ3n) is 7.04. The van der Waals surface area contributed by atoms with Gasteiger partial charge in [-0.1, -0.05) is 111 Å². The molecule has 2 radical (unpaired) electrons. The van der Waals surface area contributed by atoms with Gasteiger partial charge in [0.25, 0.3) is 0 Å². The van der Waals surface area contributed by atoms with E-state index in [1.165, 1.54) is 67.4 Å². The Morgan fingerprint density at radius 1 is 0.872 bits per heavy atom. The average molecular weight is 645 g/mol. The zero-order chi connectivity index (χ0) is 27.8. The summed E-state index contributed by atoms with van der Waals surface area (Å²) in [4.78, 5) is 0. The first-order chi connectivity index (χ1) is 18.9. The van der Waals surface area contributed by atoms with Gasteiger partial charge in [-0.05, 0) is 23.8 Å². The Morgan fingerprint density at radius 2 is 1.56 bits per heavy atom. The molecule has 0 spiro atoms. The number of rotatable bonds is 4. The summed E-state index contributed by atoms with van der Waals surface area (Å²) < 4.78 is 0. The first-order valence-corrected chi connectivity index (χ1v) is 20.8. The van der Waals surface area contributed by atoms with Crippen LogP contribution in [0.5, 0.6) is 0 Å². The zero-order valence-corrected chi connectivity index (χ0v) is 28.1. The Morgan fingerprint density at radius 3 is 2.28 bits per heavy atom. The Bertz CT molecular complexity index is 1460. The smallest absolute Gasteiger partial charge is 0.0920 e. The quantitative estimate of drug-likeness (QED) is 0.133. The van der Waals surface area contributed by atoms with Crippen molar-refractivity contribution in [2.45, 2.75) is 52.4 Å². The van der Waals surface area contributed by atoms with E-state index in [2.05, 4.69) is 125 Å². The van der Waals surface area contributed by atoms with E-state index >= 15 is 0 Å². The standard InChI is InChI=1S/C23H27.C12H7Si.2ClH.Zr/c1-5-6-10-18-13-14-19-15-20(23(2,3)4)16-21(19)22(18)17-11-8-7-9-12-17;1-3-7-11-9(5-1)10-6-2-4-8-12(10)13-11;;;/h7-9,11-16H,5-6,10H2,1-4H3;1-7H;2*1H;/q2*-1;;;+4/p-2. The van der Waals surface area contributed by atoms with E-state index in [-0.39, 0.29) is 5.41 Å².